The van der Waals surface area contributed by atoms with E-state index in [-0.39, 0.29) is 0 Å². The van der Waals surface area contributed by atoms with Crippen molar-refractivity contribution in [1.82, 2.24) is 0 Å². The molecule has 0 amide bonds. The van der Waals surface area contributed by atoms with Gasteiger partial charge in [0.05, 0.1) is 0 Å². The van der Waals surface area contributed by atoms with Crippen LogP contribution < -0.4 is 5.73 Å². The van der Waals surface area contributed by atoms with Crippen LogP contribution in [0.25, 0.3) is 0 Å². The van der Waals surface area contributed by atoms with E-state index in [4.69, 9.17) is 27.2 Å². The number of esters is 1. The SMILES string of the molecule is CC(C)(C)OC(=O)CC(N)(O)Cl. The summed E-state index contributed by atoms with van der Waals surface area (Å²) in [7, 11) is 0. The Labute approximate surface area is 76.6 Å². The lowest BCUT2D eigenvalue weighted by molar-refractivity contribution is -0.157. The lowest BCUT2D eigenvalue weighted by Gasteiger charge is -2.21. The van der Waals surface area contributed by atoms with Gasteiger partial charge >= 0.3 is 5.97 Å². The molecular formula is C7H14ClNO3. The van der Waals surface area contributed by atoms with Crippen molar-refractivity contribution >= 4 is 17.6 Å². The summed E-state index contributed by atoms with van der Waals surface area (Å²) in [5.74, 6) is -0.623. The number of nitrogens with two attached hydrogens (primary N) is 1. The van der Waals surface area contributed by atoms with Crippen LogP contribution in [0.4, 0.5) is 0 Å². The van der Waals surface area contributed by atoms with E-state index in [1.54, 1.807) is 20.8 Å². The molecule has 0 heterocycles. The number of hydrogen-bond donors (Lipinski definition) is 2. The third-order valence-electron chi connectivity index (χ3n) is 0.812. The van der Waals surface area contributed by atoms with Gasteiger partial charge in [0.15, 0.2) is 0 Å². The second-order valence-corrected chi connectivity index (χ2v) is 4.24. The molecule has 12 heavy (non-hydrogen) atoms. The van der Waals surface area contributed by atoms with E-state index in [0.29, 0.717) is 0 Å². The van der Waals surface area contributed by atoms with Crippen LogP contribution in [0.1, 0.15) is 27.2 Å². The molecule has 0 aromatic carbocycles. The molecule has 72 valence electrons. The molecule has 5 heteroatoms. The second-order valence-electron chi connectivity index (χ2n) is 3.58. The largest absolute Gasteiger partial charge is 0.460 e. The smallest absolute Gasteiger partial charge is 0.312 e. The first-order chi connectivity index (χ1) is 5.10. The summed E-state index contributed by atoms with van der Waals surface area (Å²) in [5.41, 5.74) is 4.39. The van der Waals surface area contributed by atoms with Crippen LogP contribution in [0.5, 0.6) is 0 Å². The highest BCUT2D eigenvalue weighted by Crippen LogP contribution is 2.13. The van der Waals surface area contributed by atoms with Crippen LogP contribution in [0.2, 0.25) is 0 Å². The minimum Gasteiger partial charge on any atom is -0.460 e. The number of rotatable bonds is 2. The summed E-state index contributed by atoms with van der Waals surface area (Å²) >= 11 is 5.19. The van der Waals surface area contributed by atoms with Gasteiger partial charge in [0.2, 0.25) is 5.18 Å². The zero-order valence-corrected chi connectivity index (χ0v) is 8.18. The van der Waals surface area contributed by atoms with Crippen LogP contribution in [0.3, 0.4) is 0 Å². The molecule has 1 atom stereocenters. The zero-order valence-electron chi connectivity index (χ0n) is 7.43. The summed E-state index contributed by atoms with van der Waals surface area (Å²) in [6.45, 7) is 5.15. The Morgan fingerprint density at radius 2 is 2.00 bits per heavy atom. The molecule has 3 N–H and O–H groups in total. The molecule has 0 aliphatic heterocycles. The lowest BCUT2D eigenvalue weighted by Crippen LogP contribution is -2.37. The molecule has 0 aromatic heterocycles. The molecule has 0 saturated heterocycles. The predicted molar refractivity (Wildman–Crippen MR) is 45.5 cm³/mol. The summed E-state index contributed by atoms with van der Waals surface area (Å²) in [6, 6.07) is 0. The van der Waals surface area contributed by atoms with E-state index in [0.717, 1.165) is 0 Å². The fourth-order valence-corrected chi connectivity index (χ4v) is 0.689. The standard InChI is InChI=1S/C7H14ClNO3/c1-6(2,3)12-5(10)4-7(8,9)11/h11H,4,9H2,1-3H3. The molecule has 0 aliphatic carbocycles. The van der Waals surface area contributed by atoms with E-state index < -0.39 is 23.2 Å². The number of aliphatic hydroxyl groups is 1. The first-order valence-corrected chi connectivity index (χ1v) is 3.90. The lowest BCUT2D eigenvalue weighted by atomic mass is 10.2. The van der Waals surface area contributed by atoms with Gasteiger partial charge in [-0.15, -0.1) is 0 Å². The summed E-state index contributed by atoms with van der Waals surface area (Å²) < 4.78 is 4.85. The third-order valence-corrected chi connectivity index (χ3v) is 0.946. The molecule has 0 fully saturated rings. The highest BCUT2D eigenvalue weighted by molar-refractivity contribution is 6.23. The number of carbonyl (C=O) groups is 1. The fourth-order valence-electron chi connectivity index (χ4n) is 0.580. The van der Waals surface area contributed by atoms with Gasteiger partial charge in [0, 0.05) is 0 Å². The predicted octanol–water partition coefficient (Wildman–Crippen LogP) is 0.562. The fraction of sp³-hybridized carbons (Fsp3) is 0.857. The first-order valence-electron chi connectivity index (χ1n) is 3.52. The average molecular weight is 196 g/mol. The maximum absolute atomic E-state index is 10.9. The molecular weight excluding hydrogens is 182 g/mol. The van der Waals surface area contributed by atoms with Crippen molar-refractivity contribution in [3.05, 3.63) is 0 Å². The molecule has 0 bridgehead atoms. The Balaban J connectivity index is 3.92. The molecule has 0 aromatic rings. The number of hydrogen-bond acceptors (Lipinski definition) is 4. The Kier molecular flexibility index (Phi) is 3.50. The van der Waals surface area contributed by atoms with Crippen molar-refractivity contribution in [1.29, 1.82) is 0 Å². The normalized spacial score (nSPS) is 16.8. The summed E-state index contributed by atoms with van der Waals surface area (Å²) in [6.07, 6.45) is -0.425. The Morgan fingerprint density at radius 3 is 2.25 bits per heavy atom. The van der Waals surface area contributed by atoms with Gasteiger partial charge in [0.25, 0.3) is 0 Å². The van der Waals surface area contributed by atoms with Gasteiger partial charge in [-0.3, -0.25) is 10.5 Å². The Bertz CT molecular complexity index is 150. The number of alkyl halides is 1. The van der Waals surface area contributed by atoms with Crippen LogP contribution in [0.15, 0.2) is 0 Å². The van der Waals surface area contributed by atoms with Crippen LogP contribution in [-0.2, 0) is 9.53 Å². The van der Waals surface area contributed by atoms with Gasteiger partial charge in [-0.1, -0.05) is 11.6 Å². The van der Waals surface area contributed by atoms with Crippen LogP contribution >= 0.6 is 11.6 Å². The zero-order chi connectivity index (χ0) is 9.99. The topological polar surface area (TPSA) is 72.5 Å². The van der Waals surface area contributed by atoms with Crippen LogP contribution in [0, 0.1) is 0 Å². The van der Waals surface area contributed by atoms with Crippen molar-refractivity contribution < 1.29 is 14.6 Å². The monoisotopic (exact) mass is 195 g/mol. The van der Waals surface area contributed by atoms with Crippen molar-refractivity contribution in [3.63, 3.8) is 0 Å². The van der Waals surface area contributed by atoms with E-state index in [1.807, 2.05) is 0 Å². The molecule has 0 saturated carbocycles. The van der Waals surface area contributed by atoms with E-state index >= 15 is 0 Å². The molecule has 0 radical (unpaired) electrons. The summed E-state index contributed by atoms with van der Waals surface area (Å²) in [5, 5.41) is 6.82. The first kappa shape index (κ1) is 11.7. The van der Waals surface area contributed by atoms with Gasteiger partial charge in [-0.25, -0.2) is 0 Å². The third kappa shape index (κ3) is 7.78. The van der Waals surface area contributed by atoms with Gasteiger partial charge in [-0.05, 0) is 20.8 Å². The van der Waals surface area contributed by atoms with Crippen molar-refractivity contribution in [2.75, 3.05) is 0 Å². The van der Waals surface area contributed by atoms with Gasteiger partial charge < -0.3 is 9.84 Å². The van der Waals surface area contributed by atoms with Crippen molar-refractivity contribution in [3.8, 4) is 0 Å². The van der Waals surface area contributed by atoms with Crippen molar-refractivity contribution in [2.45, 2.75) is 38.0 Å². The van der Waals surface area contributed by atoms with E-state index in [9.17, 15) is 4.79 Å². The van der Waals surface area contributed by atoms with Crippen molar-refractivity contribution in [2.24, 2.45) is 5.73 Å². The minimum absolute atomic E-state index is 0.425. The Morgan fingerprint density at radius 1 is 1.58 bits per heavy atom. The molecule has 4 nitrogen and oxygen atoms in total. The van der Waals surface area contributed by atoms with Gasteiger partial charge in [0.1, 0.15) is 12.0 Å². The minimum atomic E-state index is -2.01. The quantitative estimate of drug-likeness (QED) is 0.292. The maximum Gasteiger partial charge on any atom is 0.312 e. The summed E-state index contributed by atoms with van der Waals surface area (Å²) in [4.78, 5) is 10.9. The molecule has 0 aliphatic rings. The van der Waals surface area contributed by atoms with E-state index in [1.165, 1.54) is 0 Å². The number of halogens is 1. The highest BCUT2D eigenvalue weighted by atomic mass is 35.5. The Hall–Kier alpha value is -0.320. The maximum atomic E-state index is 10.9. The second kappa shape index (κ2) is 3.60. The molecule has 0 rings (SSSR count). The average Bonchev–Trinajstić information content (AvgIpc) is 1.49. The molecule has 0 spiro atoms. The van der Waals surface area contributed by atoms with E-state index in [2.05, 4.69) is 0 Å². The number of ether oxygens (including phenoxy) is 1. The number of carbonyl (C=O) groups excluding carboxylic acids is 1. The van der Waals surface area contributed by atoms with Crippen LogP contribution in [-0.4, -0.2) is 21.9 Å². The molecule has 1 unspecified atom stereocenters. The van der Waals surface area contributed by atoms with Gasteiger partial charge in [-0.2, -0.15) is 0 Å². The highest BCUT2D eigenvalue weighted by Gasteiger charge is 2.25.